The maximum absolute atomic E-state index is 9.33. The van der Waals surface area contributed by atoms with E-state index in [1.54, 1.807) is 12.4 Å². The number of hydrogen-bond donors (Lipinski definition) is 1. The third-order valence-electron chi connectivity index (χ3n) is 5.02. The van der Waals surface area contributed by atoms with Gasteiger partial charge in [-0.15, -0.1) is 0 Å². The van der Waals surface area contributed by atoms with Crippen molar-refractivity contribution in [3.63, 3.8) is 0 Å². The molecule has 0 atom stereocenters. The van der Waals surface area contributed by atoms with Gasteiger partial charge in [-0.2, -0.15) is 5.26 Å². The molecule has 6 nitrogen and oxygen atoms in total. The number of nitriles is 1. The van der Waals surface area contributed by atoms with Crippen molar-refractivity contribution in [3.8, 4) is 17.3 Å². The van der Waals surface area contributed by atoms with Gasteiger partial charge in [0, 0.05) is 31.7 Å². The second-order valence-electron chi connectivity index (χ2n) is 6.72. The third kappa shape index (κ3) is 3.66. The van der Waals surface area contributed by atoms with Crippen molar-refractivity contribution in [1.82, 2.24) is 9.97 Å². The fourth-order valence-corrected chi connectivity index (χ4v) is 3.45. The van der Waals surface area contributed by atoms with Crippen LogP contribution in [-0.4, -0.2) is 41.3 Å². The van der Waals surface area contributed by atoms with Crippen LogP contribution in [0.5, 0.6) is 0 Å². The predicted octanol–water partition coefficient (Wildman–Crippen LogP) is 2.83. The van der Waals surface area contributed by atoms with Gasteiger partial charge in [-0.25, -0.2) is 4.98 Å². The van der Waals surface area contributed by atoms with Crippen molar-refractivity contribution in [2.75, 3.05) is 36.0 Å². The summed E-state index contributed by atoms with van der Waals surface area (Å²) in [5.74, 6) is 0.858. The van der Waals surface area contributed by atoms with Gasteiger partial charge in [-0.1, -0.05) is 36.4 Å². The van der Waals surface area contributed by atoms with Crippen molar-refractivity contribution in [3.05, 3.63) is 72.1 Å². The molecule has 0 unspecified atom stereocenters. The molecule has 0 aliphatic carbocycles. The number of nitrogens with zero attached hydrogens (tertiary/aromatic N) is 5. The highest BCUT2D eigenvalue weighted by atomic mass is 16.3. The van der Waals surface area contributed by atoms with Gasteiger partial charge >= 0.3 is 0 Å². The summed E-state index contributed by atoms with van der Waals surface area (Å²) in [6.45, 7) is 3.33. The van der Waals surface area contributed by atoms with Crippen molar-refractivity contribution in [2.45, 2.75) is 6.61 Å². The Morgan fingerprint density at radius 2 is 1.64 bits per heavy atom. The lowest BCUT2D eigenvalue weighted by Gasteiger charge is -2.37. The highest BCUT2D eigenvalue weighted by Gasteiger charge is 2.20. The molecule has 1 fully saturated rings. The highest BCUT2D eigenvalue weighted by molar-refractivity contribution is 5.62. The fourth-order valence-electron chi connectivity index (χ4n) is 3.45. The Morgan fingerprint density at radius 3 is 2.36 bits per heavy atom. The number of anilines is 2. The first-order valence-electron chi connectivity index (χ1n) is 9.30. The lowest BCUT2D eigenvalue weighted by Crippen LogP contribution is -2.47. The predicted molar refractivity (Wildman–Crippen MR) is 109 cm³/mol. The van der Waals surface area contributed by atoms with Crippen molar-refractivity contribution in [1.29, 1.82) is 5.26 Å². The quantitative estimate of drug-likeness (QED) is 0.760. The van der Waals surface area contributed by atoms with E-state index in [-0.39, 0.29) is 6.61 Å². The number of para-hydroxylation sites is 1. The molecule has 0 bridgehead atoms. The minimum atomic E-state index is 0.0329. The van der Waals surface area contributed by atoms with Gasteiger partial charge in [0.1, 0.15) is 11.9 Å². The zero-order chi connectivity index (χ0) is 19.3. The first-order chi connectivity index (χ1) is 13.8. The average molecular weight is 371 g/mol. The lowest BCUT2D eigenvalue weighted by molar-refractivity contribution is 0.282. The Bertz CT molecular complexity index is 988. The van der Waals surface area contributed by atoms with Gasteiger partial charge in [0.15, 0.2) is 0 Å². The molecule has 0 amide bonds. The first-order valence-corrected chi connectivity index (χ1v) is 9.30. The number of aliphatic hydroxyl groups is 1. The van der Waals surface area contributed by atoms with Gasteiger partial charge in [0.25, 0.3) is 0 Å². The van der Waals surface area contributed by atoms with Crippen LogP contribution in [0.15, 0.2) is 60.9 Å². The summed E-state index contributed by atoms with van der Waals surface area (Å²) in [7, 11) is 0. The SMILES string of the molecule is N#Cc1ccccc1N1CCN(c2cncc(-c3ccc(CO)cc3)n2)CC1. The third-order valence-corrected chi connectivity index (χ3v) is 5.02. The van der Waals surface area contributed by atoms with Crippen LogP contribution in [-0.2, 0) is 6.61 Å². The Balaban J connectivity index is 1.48. The van der Waals surface area contributed by atoms with Crippen LogP contribution in [0.3, 0.4) is 0 Å². The summed E-state index contributed by atoms with van der Waals surface area (Å²) in [4.78, 5) is 13.6. The molecule has 1 aliphatic heterocycles. The van der Waals surface area contributed by atoms with Crippen LogP contribution in [0.25, 0.3) is 11.3 Å². The molecule has 2 heterocycles. The molecule has 140 valence electrons. The molecule has 2 aromatic carbocycles. The Labute approximate surface area is 164 Å². The summed E-state index contributed by atoms with van der Waals surface area (Å²) in [5.41, 5.74) is 4.38. The smallest absolute Gasteiger partial charge is 0.147 e. The molecule has 0 radical (unpaired) electrons. The number of rotatable bonds is 4. The van der Waals surface area contributed by atoms with E-state index >= 15 is 0 Å². The van der Waals surface area contributed by atoms with Crippen molar-refractivity contribution < 1.29 is 5.11 Å². The van der Waals surface area contributed by atoms with E-state index < -0.39 is 0 Å². The minimum Gasteiger partial charge on any atom is -0.392 e. The van der Waals surface area contributed by atoms with Gasteiger partial charge in [0.2, 0.25) is 0 Å². The van der Waals surface area contributed by atoms with Gasteiger partial charge in [-0.3, -0.25) is 4.98 Å². The Morgan fingerprint density at radius 1 is 0.929 bits per heavy atom. The number of hydrogen-bond acceptors (Lipinski definition) is 6. The molecule has 4 rings (SSSR count). The lowest BCUT2D eigenvalue weighted by atomic mass is 10.1. The van der Waals surface area contributed by atoms with Crippen LogP contribution < -0.4 is 9.80 Å². The molecule has 28 heavy (non-hydrogen) atoms. The summed E-state index contributed by atoms with van der Waals surface area (Å²) in [5, 5.41) is 18.5. The molecular weight excluding hydrogens is 350 g/mol. The molecular formula is C22H21N5O. The fraction of sp³-hybridized carbons (Fsp3) is 0.227. The molecule has 1 aromatic heterocycles. The molecule has 6 heteroatoms. The van der Waals surface area contributed by atoms with Crippen LogP contribution >= 0.6 is 0 Å². The van der Waals surface area contributed by atoms with E-state index in [1.807, 2.05) is 48.5 Å². The average Bonchev–Trinajstić information content (AvgIpc) is 2.79. The van der Waals surface area contributed by atoms with Crippen LogP contribution in [0.4, 0.5) is 11.5 Å². The van der Waals surface area contributed by atoms with Gasteiger partial charge < -0.3 is 14.9 Å². The van der Waals surface area contributed by atoms with E-state index in [0.29, 0.717) is 5.56 Å². The molecule has 0 spiro atoms. The number of benzene rings is 2. The van der Waals surface area contributed by atoms with Gasteiger partial charge in [0.05, 0.1) is 35.9 Å². The highest BCUT2D eigenvalue weighted by Crippen LogP contribution is 2.24. The first kappa shape index (κ1) is 18.0. The second kappa shape index (κ2) is 8.07. The zero-order valence-electron chi connectivity index (χ0n) is 15.5. The number of piperazine rings is 1. The summed E-state index contributed by atoms with van der Waals surface area (Å²) >= 11 is 0. The summed E-state index contributed by atoms with van der Waals surface area (Å²) < 4.78 is 0. The van der Waals surface area contributed by atoms with Crippen LogP contribution in [0.1, 0.15) is 11.1 Å². The molecule has 3 aromatic rings. The Kier molecular flexibility index (Phi) is 5.18. The summed E-state index contributed by atoms with van der Waals surface area (Å²) in [6.07, 6.45) is 3.56. The largest absolute Gasteiger partial charge is 0.392 e. The zero-order valence-corrected chi connectivity index (χ0v) is 15.5. The topological polar surface area (TPSA) is 76.3 Å². The van der Waals surface area contributed by atoms with E-state index in [9.17, 15) is 10.4 Å². The maximum atomic E-state index is 9.33. The molecule has 1 aliphatic rings. The van der Waals surface area contributed by atoms with Crippen molar-refractivity contribution in [2.24, 2.45) is 0 Å². The van der Waals surface area contributed by atoms with E-state index in [0.717, 1.165) is 54.5 Å². The minimum absolute atomic E-state index is 0.0329. The van der Waals surface area contributed by atoms with Crippen LogP contribution in [0, 0.1) is 11.3 Å². The monoisotopic (exact) mass is 371 g/mol. The molecule has 0 saturated carbocycles. The van der Waals surface area contributed by atoms with E-state index in [1.165, 1.54) is 0 Å². The second-order valence-corrected chi connectivity index (χ2v) is 6.72. The molecule has 1 saturated heterocycles. The van der Waals surface area contributed by atoms with Gasteiger partial charge in [-0.05, 0) is 17.7 Å². The van der Waals surface area contributed by atoms with E-state index in [2.05, 4.69) is 20.9 Å². The van der Waals surface area contributed by atoms with E-state index in [4.69, 9.17) is 4.98 Å². The Hall–Kier alpha value is -3.43. The summed E-state index contributed by atoms with van der Waals surface area (Å²) in [6, 6.07) is 17.7. The molecule has 1 N–H and O–H groups in total. The van der Waals surface area contributed by atoms with Crippen molar-refractivity contribution >= 4 is 11.5 Å². The van der Waals surface area contributed by atoms with Crippen LogP contribution in [0.2, 0.25) is 0 Å². The maximum Gasteiger partial charge on any atom is 0.147 e. The number of aliphatic hydroxyl groups excluding tert-OH is 1. The standard InChI is InChI=1S/C22H21N5O/c23-13-19-3-1-2-4-21(19)26-9-11-27(12-10-26)22-15-24-14-20(25-22)18-7-5-17(16-28)6-8-18/h1-8,14-15,28H,9-12,16H2. The number of aromatic nitrogens is 2. The normalized spacial score (nSPS) is 14.0.